The molecule has 0 saturated carbocycles. The summed E-state index contributed by atoms with van der Waals surface area (Å²) in [6.45, 7) is 2.26. The first-order chi connectivity index (χ1) is 8.26. The first kappa shape index (κ1) is 13.3. The highest BCUT2D eigenvalue weighted by Gasteiger charge is 1.97. The molecule has 17 heavy (non-hydrogen) atoms. The average Bonchev–Trinajstić information content (AvgIpc) is 2.36. The zero-order valence-electron chi connectivity index (χ0n) is 10.3. The molecule has 3 heteroatoms. The minimum absolute atomic E-state index is 0.146. The van der Waals surface area contributed by atoms with E-state index in [0.717, 1.165) is 11.3 Å². The largest absolute Gasteiger partial charge is 0.497 e. The third-order valence-electron chi connectivity index (χ3n) is 2.25. The Labute approximate surface area is 102 Å². The second-order valence-corrected chi connectivity index (χ2v) is 3.52. The van der Waals surface area contributed by atoms with Crippen LogP contribution in [0.2, 0.25) is 0 Å². The van der Waals surface area contributed by atoms with E-state index in [-0.39, 0.29) is 5.97 Å². The molecule has 1 aromatic carbocycles. The van der Waals surface area contributed by atoms with Gasteiger partial charge in [-0.05, 0) is 31.0 Å². The summed E-state index contributed by atoms with van der Waals surface area (Å²) >= 11 is 0. The highest BCUT2D eigenvalue weighted by atomic mass is 16.5. The Bertz CT molecular complexity index is 366. The number of hydrogen-bond donors (Lipinski definition) is 0. The van der Waals surface area contributed by atoms with Crippen LogP contribution in [0, 0.1) is 0 Å². The van der Waals surface area contributed by atoms with E-state index in [4.69, 9.17) is 9.47 Å². The van der Waals surface area contributed by atoms with Crippen LogP contribution in [0.4, 0.5) is 0 Å². The molecule has 92 valence electrons. The lowest BCUT2D eigenvalue weighted by Crippen LogP contribution is -2.02. The Balaban J connectivity index is 2.35. The molecule has 0 aliphatic heterocycles. The molecule has 0 aliphatic carbocycles. The van der Waals surface area contributed by atoms with Gasteiger partial charge >= 0.3 is 5.97 Å². The molecule has 0 heterocycles. The number of ether oxygens (including phenoxy) is 2. The van der Waals surface area contributed by atoms with E-state index in [1.54, 1.807) is 7.11 Å². The van der Waals surface area contributed by atoms with Gasteiger partial charge in [-0.25, -0.2) is 0 Å². The average molecular weight is 234 g/mol. The van der Waals surface area contributed by atoms with Crippen LogP contribution in [-0.2, 0) is 9.53 Å². The SMILES string of the molecule is CCOC(=O)CC/C=C\c1ccc(OC)cc1. The van der Waals surface area contributed by atoms with E-state index in [9.17, 15) is 4.79 Å². The van der Waals surface area contributed by atoms with E-state index in [1.807, 2.05) is 43.3 Å². The Morgan fingerprint density at radius 3 is 2.59 bits per heavy atom. The van der Waals surface area contributed by atoms with Crippen molar-refractivity contribution in [3.05, 3.63) is 35.9 Å². The highest BCUT2D eigenvalue weighted by Crippen LogP contribution is 2.12. The third-order valence-corrected chi connectivity index (χ3v) is 2.25. The topological polar surface area (TPSA) is 35.5 Å². The smallest absolute Gasteiger partial charge is 0.306 e. The van der Waals surface area contributed by atoms with Crippen molar-refractivity contribution in [3.63, 3.8) is 0 Å². The van der Waals surface area contributed by atoms with Crippen molar-refractivity contribution < 1.29 is 14.3 Å². The number of hydrogen-bond acceptors (Lipinski definition) is 3. The van der Waals surface area contributed by atoms with Crippen LogP contribution in [0.5, 0.6) is 5.75 Å². The third kappa shape index (κ3) is 5.20. The Morgan fingerprint density at radius 1 is 1.29 bits per heavy atom. The van der Waals surface area contributed by atoms with Gasteiger partial charge in [-0.15, -0.1) is 0 Å². The van der Waals surface area contributed by atoms with E-state index in [0.29, 0.717) is 19.4 Å². The molecular weight excluding hydrogens is 216 g/mol. The molecule has 0 saturated heterocycles. The molecule has 3 nitrogen and oxygen atoms in total. The lowest BCUT2D eigenvalue weighted by Gasteiger charge is -1.99. The van der Waals surface area contributed by atoms with Crippen molar-refractivity contribution in [2.45, 2.75) is 19.8 Å². The molecule has 0 bridgehead atoms. The minimum atomic E-state index is -0.146. The standard InChI is InChI=1S/C14H18O3/c1-3-17-14(15)7-5-4-6-12-8-10-13(16-2)11-9-12/h4,6,8-11H,3,5,7H2,1-2H3/b6-4-. The lowest BCUT2D eigenvalue weighted by atomic mass is 10.2. The van der Waals surface area contributed by atoms with Crippen molar-refractivity contribution in [3.8, 4) is 5.75 Å². The lowest BCUT2D eigenvalue weighted by molar-refractivity contribution is -0.142. The summed E-state index contributed by atoms with van der Waals surface area (Å²) in [4.78, 5) is 11.1. The van der Waals surface area contributed by atoms with Gasteiger partial charge in [0, 0.05) is 6.42 Å². The number of carbonyl (C=O) groups is 1. The summed E-state index contributed by atoms with van der Waals surface area (Å²) in [6, 6.07) is 7.76. The minimum Gasteiger partial charge on any atom is -0.497 e. The maximum atomic E-state index is 11.1. The Kier molecular flexibility index (Phi) is 5.86. The van der Waals surface area contributed by atoms with Crippen LogP contribution in [0.3, 0.4) is 0 Å². The molecule has 0 fully saturated rings. The second-order valence-electron chi connectivity index (χ2n) is 3.52. The van der Waals surface area contributed by atoms with E-state index >= 15 is 0 Å². The highest BCUT2D eigenvalue weighted by molar-refractivity contribution is 5.69. The van der Waals surface area contributed by atoms with Crippen molar-refractivity contribution in [2.75, 3.05) is 13.7 Å². The molecule has 1 rings (SSSR count). The summed E-state index contributed by atoms with van der Waals surface area (Å²) < 4.78 is 9.90. The molecular formula is C14H18O3. The fourth-order valence-corrected chi connectivity index (χ4v) is 1.37. The zero-order chi connectivity index (χ0) is 12.5. The van der Waals surface area contributed by atoms with Gasteiger partial charge in [-0.1, -0.05) is 24.3 Å². The molecule has 0 atom stereocenters. The van der Waals surface area contributed by atoms with Crippen LogP contribution in [-0.4, -0.2) is 19.7 Å². The summed E-state index contributed by atoms with van der Waals surface area (Å²) in [5.41, 5.74) is 1.09. The van der Waals surface area contributed by atoms with Crippen molar-refractivity contribution in [2.24, 2.45) is 0 Å². The van der Waals surface area contributed by atoms with Gasteiger partial charge in [-0.2, -0.15) is 0 Å². The first-order valence-electron chi connectivity index (χ1n) is 5.72. The maximum absolute atomic E-state index is 11.1. The molecule has 0 aliphatic rings. The van der Waals surface area contributed by atoms with Crippen LogP contribution in [0.1, 0.15) is 25.3 Å². The molecule has 0 radical (unpaired) electrons. The zero-order valence-corrected chi connectivity index (χ0v) is 10.3. The van der Waals surface area contributed by atoms with E-state index in [1.165, 1.54) is 0 Å². The summed E-state index contributed by atoms with van der Waals surface area (Å²) in [5, 5.41) is 0. The number of carbonyl (C=O) groups excluding carboxylic acids is 1. The molecule has 0 spiro atoms. The quantitative estimate of drug-likeness (QED) is 0.710. The molecule has 0 amide bonds. The molecule has 1 aromatic rings. The summed E-state index contributed by atoms with van der Waals surface area (Å²) in [6.07, 6.45) is 5.09. The second kappa shape index (κ2) is 7.49. The fraction of sp³-hybridized carbons (Fsp3) is 0.357. The van der Waals surface area contributed by atoms with E-state index in [2.05, 4.69) is 0 Å². The molecule has 0 unspecified atom stereocenters. The molecule has 0 N–H and O–H groups in total. The van der Waals surface area contributed by atoms with Gasteiger partial charge in [0.2, 0.25) is 0 Å². The van der Waals surface area contributed by atoms with Gasteiger partial charge in [-0.3, -0.25) is 4.79 Å². The van der Waals surface area contributed by atoms with Gasteiger partial charge in [0.05, 0.1) is 13.7 Å². The number of allylic oxidation sites excluding steroid dienone is 1. The van der Waals surface area contributed by atoms with Crippen LogP contribution in [0.25, 0.3) is 6.08 Å². The number of esters is 1. The Hall–Kier alpha value is -1.77. The van der Waals surface area contributed by atoms with E-state index < -0.39 is 0 Å². The van der Waals surface area contributed by atoms with Crippen LogP contribution in [0.15, 0.2) is 30.3 Å². The van der Waals surface area contributed by atoms with Crippen molar-refractivity contribution >= 4 is 12.0 Å². The summed E-state index contributed by atoms with van der Waals surface area (Å²) in [7, 11) is 1.64. The number of benzene rings is 1. The normalized spacial score (nSPS) is 10.5. The molecule has 0 aromatic heterocycles. The predicted octanol–water partition coefficient (Wildman–Crippen LogP) is 3.05. The van der Waals surface area contributed by atoms with Crippen LogP contribution < -0.4 is 4.74 Å². The fourth-order valence-electron chi connectivity index (χ4n) is 1.37. The monoisotopic (exact) mass is 234 g/mol. The van der Waals surface area contributed by atoms with Crippen molar-refractivity contribution in [1.29, 1.82) is 0 Å². The van der Waals surface area contributed by atoms with Gasteiger partial charge in [0.1, 0.15) is 5.75 Å². The van der Waals surface area contributed by atoms with Crippen molar-refractivity contribution in [1.82, 2.24) is 0 Å². The van der Waals surface area contributed by atoms with Gasteiger partial charge in [0.15, 0.2) is 0 Å². The number of methoxy groups -OCH3 is 1. The van der Waals surface area contributed by atoms with Crippen LogP contribution >= 0.6 is 0 Å². The maximum Gasteiger partial charge on any atom is 0.306 e. The van der Waals surface area contributed by atoms with Gasteiger partial charge in [0.25, 0.3) is 0 Å². The Morgan fingerprint density at radius 2 is 2.00 bits per heavy atom. The predicted molar refractivity (Wildman–Crippen MR) is 67.9 cm³/mol. The summed E-state index contributed by atoms with van der Waals surface area (Å²) in [5.74, 6) is 0.695. The van der Waals surface area contributed by atoms with Gasteiger partial charge < -0.3 is 9.47 Å². The first-order valence-corrected chi connectivity index (χ1v) is 5.72. The number of rotatable bonds is 6.